The van der Waals surface area contributed by atoms with Crippen molar-refractivity contribution in [2.24, 2.45) is 0 Å². The highest BCUT2D eigenvalue weighted by atomic mass is 35.5. The fraction of sp³-hybridized carbons (Fsp3) is 0.211. The van der Waals surface area contributed by atoms with E-state index in [-0.39, 0.29) is 5.91 Å². The van der Waals surface area contributed by atoms with Crippen molar-refractivity contribution in [3.05, 3.63) is 52.5 Å². The Hall–Kier alpha value is -2.84. The molecule has 4 aromatic rings. The number of aryl methyl sites for hydroxylation is 1. The van der Waals surface area contributed by atoms with Crippen molar-refractivity contribution in [2.75, 3.05) is 19.8 Å². The van der Waals surface area contributed by atoms with Gasteiger partial charge in [0.2, 0.25) is 0 Å². The Morgan fingerprint density at radius 1 is 1.25 bits per heavy atom. The van der Waals surface area contributed by atoms with Crippen LogP contribution in [-0.4, -0.2) is 44.8 Å². The Bertz CT molecular complexity index is 1140. The summed E-state index contributed by atoms with van der Waals surface area (Å²) in [6, 6.07) is 7.60. The summed E-state index contributed by atoms with van der Waals surface area (Å²) in [5.74, 6) is 0.328. The van der Waals surface area contributed by atoms with Crippen molar-refractivity contribution in [3.8, 4) is 0 Å². The van der Waals surface area contributed by atoms with Crippen LogP contribution in [0.15, 0.2) is 36.1 Å². The molecular formula is C19H19ClN6OS. The lowest BCUT2D eigenvalue weighted by atomic mass is 10.1. The Kier molecular flexibility index (Phi) is 6.01. The van der Waals surface area contributed by atoms with E-state index in [2.05, 4.69) is 19.9 Å². The molecule has 0 spiro atoms. The molecule has 0 bridgehead atoms. The highest BCUT2D eigenvalue weighted by Crippen LogP contribution is 2.27. The molecule has 0 radical (unpaired) electrons. The number of hydrogen-bond donors (Lipinski definition) is 1. The summed E-state index contributed by atoms with van der Waals surface area (Å²) in [7, 11) is 3.43. The summed E-state index contributed by atoms with van der Waals surface area (Å²) < 4.78 is 0. The highest BCUT2D eigenvalue weighted by molar-refractivity contribution is 7.16. The molecule has 0 unspecified atom stereocenters. The van der Waals surface area contributed by atoms with Gasteiger partial charge >= 0.3 is 0 Å². The molecule has 28 heavy (non-hydrogen) atoms. The molecule has 0 aliphatic carbocycles. The van der Waals surface area contributed by atoms with Crippen LogP contribution in [0.2, 0.25) is 5.02 Å². The number of carbonyl (C=O) groups is 1. The second kappa shape index (κ2) is 8.45. The minimum absolute atomic E-state index is 0.122. The average molecular weight is 415 g/mol. The molecule has 3 aromatic heterocycles. The number of anilines is 1. The maximum absolute atomic E-state index is 12.2. The number of nitrogens with zero attached hydrogens (tertiary/aromatic N) is 5. The number of pyridine rings is 1. The first-order valence-corrected chi connectivity index (χ1v) is 9.77. The summed E-state index contributed by atoms with van der Waals surface area (Å²) in [6.45, 7) is 2.02. The number of benzene rings is 1. The minimum Gasteiger partial charge on any atom is -0.382 e. The van der Waals surface area contributed by atoms with Gasteiger partial charge in [0, 0.05) is 25.2 Å². The fourth-order valence-electron chi connectivity index (χ4n) is 2.58. The number of fused-ring (bicyclic) bond motifs is 2. The predicted molar refractivity (Wildman–Crippen MR) is 114 cm³/mol. The number of thiazole rings is 1. The lowest BCUT2D eigenvalue weighted by Gasteiger charge is -2.13. The number of amides is 1. The third kappa shape index (κ3) is 4.02. The minimum atomic E-state index is -0.122. The molecule has 0 saturated heterocycles. The number of nitrogen functional groups attached to an aromatic ring is 1. The first kappa shape index (κ1) is 19.9. The molecule has 0 aliphatic heterocycles. The van der Waals surface area contributed by atoms with Crippen LogP contribution in [0.4, 0.5) is 5.82 Å². The molecule has 144 valence electrons. The Labute approximate surface area is 171 Å². The largest absolute Gasteiger partial charge is 0.382 e. The predicted octanol–water partition coefficient (Wildman–Crippen LogP) is 3.82. The van der Waals surface area contributed by atoms with E-state index in [0.717, 1.165) is 27.7 Å². The van der Waals surface area contributed by atoms with Gasteiger partial charge in [-0.3, -0.25) is 4.79 Å². The Morgan fingerprint density at radius 3 is 2.71 bits per heavy atom. The quantitative estimate of drug-likeness (QED) is 0.535. The number of aromatic nitrogens is 4. The summed E-state index contributed by atoms with van der Waals surface area (Å²) >= 11 is 7.66. The second-order valence-electron chi connectivity index (χ2n) is 6.12. The third-order valence-corrected chi connectivity index (χ3v) is 5.04. The summed E-state index contributed by atoms with van der Waals surface area (Å²) in [5, 5.41) is 2.25. The lowest BCUT2D eigenvalue weighted by molar-refractivity contribution is 0.0824. The molecule has 1 aromatic carbocycles. The zero-order valence-corrected chi connectivity index (χ0v) is 17.3. The smallest absolute Gasteiger partial charge is 0.272 e. The second-order valence-corrected chi connectivity index (χ2v) is 7.36. The SMILES string of the molecule is CCc1cc2cccc(Cl)c2c(C(=O)N(C)C)n1.Nc1ncnc2scnc12. The number of nitrogens with two attached hydrogens (primary N) is 1. The van der Waals surface area contributed by atoms with Gasteiger partial charge in [-0.2, -0.15) is 0 Å². The van der Waals surface area contributed by atoms with Crippen molar-refractivity contribution < 1.29 is 4.79 Å². The van der Waals surface area contributed by atoms with E-state index in [4.69, 9.17) is 17.3 Å². The monoisotopic (exact) mass is 414 g/mol. The van der Waals surface area contributed by atoms with E-state index >= 15 is 0 Å². The van der Waals surface area contributed by atoms with Crippen molar-refractivity contribution in [2.45, 2.75) is 13.3 Å². The van der Waals surface area contributed by atoms with Crippen LogP contribution in [0.1, 0.15) is 23.1 Å². The van der Waals surface area contributed by atoms with E-state index in [1.54, 1.807) is 25.7 Å². The van der Waals surface area contributed by atoms with Gasteiger partial charge in [-0.05, 0) is 23.9 Å². The number of rotatable bonds is 2. The summed E-state index contributed by atoms with van der Waals surface area (Å²) in [5.41, 5.74) is 9.23. The molecule has 0 atom stereocenters. The van der Waals surface area contributed by atoms with Crippen LogP contribution in [-0.2, 0) is 6.42 Å². The van der Waals surface area contributed by atoms with Crippen LogP contribution in [0, 0.1) is 0 Å². The molecule has 2 N–H and O–H groups in total. The maximum atomic E-state index is 12.2. The molecule has 0 aliphatic rings. The van der Waals surface area contributed by atoms with Crippen LogP contribution >= 0.6 is 22.9 Å². The van der Waals surface area contributed by atoms with Crippen molar-refractivity contribution in [1.29, 1.82) is 0 Å². The van der Waals surface area contributed by atoms with Crippen molar-refractivity contribution >= 4 is 55.8 Å². The van der Waals surface area contributed by atoms with E-state index < -0.39 is 0 Å². The van der Waals surface area contributed by atoms with E-state index in [9.17, 15) is 4.79 Å². The summed E-state index contributed by atoms with van der Waals surface area (Å²) in [6.07, 6.45) is 2.23. The van der Waals surface area contributed by atoms with Crippen LogP contribution in [0.5, 0.6) is 0 Å². The van der Waals surface area contributed by atoms with Gasteiger partial charge in [-0.1, -0.05) is 30.7 Å². The first-order chi connectivity index (χ1) is 13.4. The topological polar surface area (TPSA) is 97.9 Å². The van der Waals surface area contributed by atoms with Crippen LogP contribution in [0.3, 0.4) is 0 Å². The zero-order valence-electron chi connectivity index (χ0n) is 15.7. The van der Waals surface area contributed by atoms with E-state index in [1.807, 2.05) is 25.1 Å². The Morgan fingerprint density at radius 2 is 2.04 bits per heavy atom. The maximum Gasteiger partial charge on any atom is 0.272 e. The number of hydrogen-bond acceptors (Lipinski definition) is 7. The van der Waals surface area contributed by atoms with Gasteiger partial charge in [0.05, 0.1) is 10.5 Å². The highest BCUT2D eigenvalue weighted by Gasteiger charge is 2.17. The molecule has 0 saturated carbocycles. The van der Waals surface area contributed by atoms with Gasteiger partial charge in [0.15, 0.2) is 5.82 Å². The van der Waals surface area contributed by atoms with Crippen molar-refractivity contribution in [1.82, 2.24) is 24.8 Å². The number of halogens is 1. The molecule has 7 nitrogen and oxygen atoms in total. The zero-order chi connectivity index (χ0) is 20.3. The average Bonchev–Trinajstić information content (AvgIpc) is 3.17. The first-order valence-electron chi connectivity index (χ1n) is 8.51. The van der Waals surface area contributed by atoms with Crippen LogP contribution in [0.25, 0.3) is 21.1 Å². The van der Waals surface area contributed by atoms with Crippen LogP contribution < -0.4 is 5.73 Å². The van der Waals surface area contributed by atoms with Gasteiger partial charge in [0.25, 0.3) is 5.91 Å². The summed E-state index contributed by atoms with van der Waals surface area (Å²) in [4.78, 5) is 30.7. The molecule has 0 fully saturated rings. The normalized spacial score (nSPS) is 10.6. The van der Waals surface area contributed by atoms with Gasteiger partial charge < -0.3 is 10.6 Å². The Balaban J connectivity index is 0.000000188. The standard InChI is InChI=1S/C14H15ClN2O.C5H4N4S/c1-4-10-8-9-6-5-7-11(15)12(9)13(16-10)14(18)17(2)3;6-4-3-5(8-1-7-4)10-2-9-3/h5-8H,4H2,1-3H3;1-2H,(H2,6,7,8). The van der Waals surface area contributed by atoms with Gasteiger partial charge in [-0.15, -0.1) is 11.3 Å². The van der Waals surface area contributed by atoms with Crippen molar-refractivity contribution in [3.63, 3.8) is 0 Å². The third-order valence-electron chi connectivity index (χ3n) is 3.99. The molecule has 9 heteroatoms. The lowest BCUT2D eigenvalue weighted by Crippen LogP contribution is -2.23. The fourth-order valence-corrected chi connectivity index (χ4v) is 3.49. The molecule has 1 amide bonds. The molecule has 3 heterocycles. The molecule has 4 rings (SSSR count). The van der Waals surface area contributed by atoms with Gasteiger partial charge in [0.1, 0.15) is 22.4 Å². The van der Waals surface area contributed by atoms with E-state index in [1.165, 1.54) is 22.6 Å². The van der Waals surface area contributed by atoms with E-state index in [0.29, 0.717) is 22.1 Å². The number of carbonyl (C=O) groups excluding carboxylic acids is 1. The molecular weight excluding hydrogens is 396 g/mol. The van der Waals surface area contributed by atoms with Gasteiger partial charge in [-0.25, -0.2) is 19.9 Å².